The van der Waals surface area contributed by atoms with Gasteiger partial charge in [-0.15, -0.1) is 0 Å². The summed E-state index contributed by atoms with van der Waals surface area (Å²) in [6.45, 7) is 1.63. The van der Waals surface area contributed by atoms with E-state index in [2.05, 4.69) is 9.98 Å². The van der Waals surface area contributed by atoms with Gasteiger partial charge in [0.25, 0.3) is 0 Å². The molecule has 0 atom stereocenters. The Bertz CT molecular complexity index is 1010. The van der Waals surface area contributed by atoms with Crippen molar-refractivity contribution in [2.24, 2.45) is 4.99 Å². The molecule has 140 valence electrons. The summed E-state index contributed by atoms with van der Waals surface area (Å²) in [6.07, 6.45) is -4.60. The van der Waals surface area contributed by atoms with Crippen molar-refractivity contribution in [1.29, 1.82) is 0 Å². The topological polar surface area (TPSA) is 43.7 Å². The molecule has 1 aromatic heterocycles. The molecular weight excluding hydrogens is 357 g/mol. The Kier molecular flexibility index (Phi) is 5.03. The van der Waals surface area contributed by atoms with Crippen LogP contribution in [-0.4, -0.2) is 24.9 Å². The monoisotopic (exact) mass is 374 g/mol. The van der Waals surface area contributed by atoms with E-state index in [9.17, 15) is 13.2 Å². The van der Waals surface area contributed by atoms with Crippen molar-refractivity contribution in [3.63, 3.8) is 0 Å². The summed E-state index contributed by atoms with van der Waals surface area (Å²) >= 11 is 0. The van der Waals surface area contributed by atoms with Crippen LogP contribution >= 0.6 is 0 Å². The quantitative estimate of drug-likeness (QED) is 0.567. The average molecular weight is 374 g/mol. The average Bonchev–Trinajstić information content (AvgIpc) is 2.66. The Morgan fingerprint density at radius 1 is 1.07 bits per heavy atom. The zero-order chi connectivity index (χ0) is 19.6. The smallest absolute Gasteiger partial charge is 0.433 e. The lowest BCUT2D eigenvalue weighted by Crippen LogP contribution is -2.11. The van der Waals surface area contributed by atoms with Crippen LogP contribution in [0.3, 0.4) is 0 Å². The fourth-order valence-electron chi connectivity index (χ4n) is 2.60. The van der Waals surface area contributed by atoms with E-state index in [4.69, 9.17) is 9.47 Å². The minimum atomic E-state index is -4.60. The van der Waals surface area contributed by atoms with Crippen LogP contribution in [0.4, 0.5) is 13.2 Å². The van der Waals surface area contributed by atoms with Gasteiger partial charge in [-0.1, -0.05) is 24.3 Å². The second-order valence-electron chi connectivity index (χ2n) is 5.83. The fourth-order valence-corrected chi connectivity index (χ4v) is 2.60. The first-order valence-corrected chi connectivity index (χ1v) is 8.09. The number of hydrogen-bond donors (Lipinski definition) is 0. The summed E-state index contributed by atoms with van der Waals surface area (Å²) in [5, 5.41) is 1.57. The molecule has 0 aliphatic heterocycles. The normalized spacial score (nSPS) is 12.3. The number of fused-ring (bicyclic) bond motifs is 1. The Morgan fingerprint density at radius 2 is 1.81 bits per heavy atom. The number of rotatable bonds is 4. The van der Waals surface area contributed by atoms with E-state index in [-0.39, 0.29) is 5.88 Å². The summed E-state index contributed by atoms with van der Waals surface area (Å²) in [5.74, 6) is 0.720. The first kappa shape index (κ1) is 18.7. The van der Waals surface area contributed by atoms with E-state index in [1.54, 1.807) is 13.0 Å². The van der Waals surface area contributed by atoms with Gasteiger partial charge in [-0.05, 0) is 24.4 Å². The van der Waals surface area contributed by atoms with Gasteiger partial charge in [0.15, 0.2) is 0 Å². The van der Waals surface area contributed by atoms with Gasteiger partial charge in [-0.3, -0.25) is 4.99 Å². The van der Waals surface area contributed by atoms with Crippen LogP contribution in [-0.2, 0) is 6.18 Å². The first-order chi connectivity index (χ1) is 12.8. The SMILES string of the molecule is CN=C(C)c1cc(Oc2cc(OC)cc3ccccc23)nc(C(F)(F)F)c1. The molecule has 0 unspecified atom stereocenters. The van der Waals surface area contributed by atoms with Crippen molar-refractivity contribution in [2.45, 2.75) is 13.1 Å². The van der Waals surface area contributed by atoms with Crippen LogP contribution in [0.2, 0.25) is 0 Å². The van der Waals surface area contributed by atoms with Gasteiger partial charge in [-0.2, -0.15) is 13.2 Å². The van der Waals surface area contributed by atoms with Gasteiger partial charge >= 0.3 is 6.18 Å². The molecule has 1 heterocycles. The van der Waals surface area contributed by atoms with E-state index in [1.165, 1.54) is 20.2 Å². The van der Waals surface area contributed by atoms with E-state index >= 15 is 0 Å². The van der Waals surface area contributed by atoms with Gasteiger partial charge < -0.3 is 9.47 Å². The molecule has 0 aliphatic carbocycles. The molecule has 0 saturated heterocycles. The standard InChI is InChI=1S/C20H17F3N2O2/c1-12(24-2)14-9-18(20(21,22)23)25-19(10-14)27-17-11-15(26-3)8-13-6-4-5-7-16(13)17/h4-11H,1-3H3. The maximum absolute atomic E-state index is 13.2. The van der Waals surface area contributed by atoms with E-state index in [0.717, 1.165) is 16.8 Å². The zero-order valence-electron chi connectivity index (χ0n) is 15.0. The molecule has 0 aliphatic rings. The Hall–Kier alpha value is -3.09. The van der Waals surface area contributed by atoms with Crippen molar-refractivity contribution in [3.05, 3.63) is 59.8 Å². The zero-order valence-corrected chi connectivity index (χ0v) is 15.0. The van der Waals surface area contributed by atoms with Crippen LogP contribution in [0.25, 0.3) is 10.8 Å². The lowest BCUT2D eigenvalue weighted by atomic mass is 10.1. The molecule has 0 fully saturated rings. The number of pyridine rings is 1. The van der Waals surface area contributed by atoms with Crippen molar-refractivity contribution < 1.29 is 22.6 Å². The van der Waals surface area contributed by atoms with Crippen LogP contribution in [0.15, 0.2) is 53.5 Å². The molecule has 4 nitrogen and oxygen atoms in total. The molecule has 0 saturated carbocycles. The highest BCUT2D eigenvalue weighted by atomic mass is 19.4. The van der Waals surface area contributed by atoms with Crippen molar-refractivity contribution in [1.82, 2.24) is 4.98 Å². The molecule has 3 aromatic rings. The Labute approximate surface area is 154 Å². The van der Waals surface area contributed by atoms with Gasteiger partial charge in [-0.25, -0.2) is 4.98 Å². The molecular formula is C20H17F3N2O2. The van der Waals surface area contributed by atoms with Gasteiger partial charge in [0.05, 0.1) is 7.11 Å². The predicted octanol–water partition coefficient (Wildman–Crippen LogP) is 5.49. The minimum absolute atomic E-state index is 0.166. The molecule has 0 N–H and O–H groups in total. The molecule has 2 aromatic carbocycles. The summed E-state index contributed by atoms with van der Waals surface area (Å²) < 4.78 is 50.8. The summed E-state index contributed by atoms with van der Waals surface area (Å²) in [6, 6.07) is 13.2. The molecule has 0 bridgehead atoms. The van der Waals surface area contributed by atoms with Crippen LogP contribution in [0.1, 0.15) is 18.2 Å². The van der Waals surface area contributed by atoms with Crippen molar-refractivity contribution in [2.75, 3.05) is 14.2 Å². The van der Waals surface area contributed by atoms with Crippen LogP contribution in [0.5, 0.6) is 17.4 Å². The van der Waals surface area contributed by atoms with Crippen molar-refractivity contribution in [3.8, 4) is 17.4 Å². The Morgan fingerprint density at radius 3 is 2.48 bits per heavy atom. The van der Waals surface area contributed by atoms with E-state index in [0.29, 0.717) is 22.8 Å². The highest BCUT2D eigenvalue weighted by Gasteiger charge is 2.33. The number of benzene rings is 2. The first-order valence-electron chi connectivity index (χ1n) is 8.09. The maximum Gasteiger partial charge on any atom is 0.433 e. The fraction of sp³-hybridized carbons (Fsp3) is 0.200. The highest BCUT2D eigenvalue weighted by Crippen LogP contribution is 2.36. The van der Waals surface area contributed by atoms with E-state index in [1.807, 2.05) is 30.3 Å². The number of methoxy groups -OCH3 is 1. The third-order valence-corrected chi connectivity index (χ3v) is 4.09. The Balaban J connectivity index is 2.14. The van der Waals surface area contributed by atoms with Gasteiger partial charge in [0.2, 0.25) is 5.88 Å². The lowest BCUT2D eigenvalue weighted by Gasteiger charge is -2.14. The number of hydrogen-bond acceptors (Lipinski definition) is 4. The molecule has 3 rings (SSSR count). The summed E-state index contributed by atoms with van der Waals surface area (Å²) in [5.41, 5.74) is -0.296. The second kappa shape index (κ2) is 7.26. The maximum atomic E-state index is 13.2. The number of halogens is 3. The molecule has 7 heteroatoms. The third-order valence-electron chi connectivity index (χ3n) is 4.09. The number of aromatic nitrogens is 1. The van der Waals surface area contributed by atoms with E-state index < -0.39 is 11.9 Å². The number of aliphatic imine (C=N–C) groups is 1. The number of alkyl halides is 3. The van der Waals surface area contributed by atoms with Gasteiger partial charge in [0.1, 0.15) is 17.2 Å². The molecule has 0 radical (unpaired) electrons. The van der Waals surface area contributed by atoms with Gasteiger partial charge in [0, 0.05) is 35.8 Å². The molecule has 27 heavy (non-hydrogen) atoms. The summed E-state index contributed by atoms with van der Waals surface area (Å²) in [4.78, 5) is 7.59. The van der Waals surface area contributed by atoms with Crippen molar-refractivity contribution >= 4 is 16.5 Å². The second-order valence-corrected chi connectivity index (χ2v) is 5.83. The van der Waals surface area contributed by atoms with Crippen LogP contribution < -0.4 is 9.47 Å². The summed E-state index contributed by atoms with van der Waals surface area (Å²) in [7, 11) is 3.02. The number of nitrogens with zero attached hydrogens (tertiary/aromatic N) is 2. The molecule has 0 spiro atoms. The highest BCUT2D eigenvalue weighted by molar-refractivity contribution is 5.99. The lowest BCUT2D eigenvalue weighted by molar-refractivity contribution is -0.141. The third kappa shape index (κ3) is 4.02. The molecule has 0 amide bonds. The predicted molar refractivity (Wildman–Crippen MR) is 97.9 cm³/mol. The number of ether oxygens (including phenoxy) is 2. The largest absolute Gasteiger partial charge is 0.497 e. The van der Waals surface area contributed by atoms with Crippen LogP contribution in [0, 0.1) is 0 Å². The minimum Gasteiger partial charge on any atom is -0.497 e.